The molecule has 1 aliphatic carbocycles. The van der Waals surface area contributed by atoms with Crippen LogP contribution in [0.2, 0.25) is 0 Å². The third-order valence-electron chi connectivity index (χ3n) is 2.75. The molecule has 0 aromatic rings. The summed E-state index contributed by atoms with van der Waals surface area (Å²) in [7, 11) is 0. The summed E-state index contributed by atoms with van der Waals surface area (Å²) in [6.45, 7) is 8.95. The average molecular weight is 202 g/mol. The molecule has 0 aliphatic heterocycles. The van der Waals surface area contributed by atoms with E-state index in [4.69, 9.17) is 0 Å². The smallest absolute Gasteiger partial charge is 0.0285 e. The van der Waals surface area contributed by atoms with Gasteiger partial charge in [-0.2, -0.15) is 0 Å². The van der Waals surface area contributed by atoms with Crippen LogP contribution in [0.1, 0.15) is 40.5 Å². The van der Waals surface area contributed by atoms with Gasteiger partial charge in [-0.25, -0.2) is 0 Å². The topological polar surface area (TPSA) is 0 Å². The van der Waals surface area contributed by atoms with Crippen molar-refractivity contribution in [1.82, 2.24) is 0 Å². The van der Waals surface area contributed by atoms with Gasteiger partial charge in [0.15, 0.2) is 0 Å². The molecule has 0 aromatic heterocycles. The summed E-state index contributed by atoms with van der Waals surface area (Å²) in [6.07, 6.45) is 15.6. The Labute approximate surface area is 94.1 Å². The molecule has 82 valence electrons. The molecule has 0 N–H and O–H groups in total. The van der Waals surface area contributed by atoms with Gasteiger partial charge in [0.05, 0.1) is 0 Å². The van der Waals surface area contributed by atoms with Crippen LogP contribution in [-0.2, 0) is 0 Å². The van der Waals surface area contributed by atoms with Crippen molar-refractivity contribution in [3.05, 3.63) is 47.6 Å². The molecule has 0 heterocycles. The molecule has 15 heavy (non-hydrogen) atoms. The summed E-state index contributed by atoms with van der Waals surface area (Å²) < 4.78 is 0. The normalized spacial score (nSPS) is 32.8. The first-order valence-corrected chi connectivity index (χ1v) is 5.68. The molecule has 1 aliphatic rings. The third kappa shape index (κ3) is 4.83. The largest absolute Gasteiger partial charge is 0.0837 e. The van der Waals surface area contributed by atoms with Crippen LogP contribution >= 0.6 is 0 Å². The first-order chi connectivity index (χ1) is 6.99. The fourth-order valence-corrected chi connectivity index (χ4v) is 1.56. The van der Waals surface area contributed by atoms with E-state index in [1.165, 1.54) is 11.1 Å². The second kappa shape index (κ2) is 5.16. The third-order valence-corrected chi connectivity index (χ3v) is 2.75. The zero-order chi connectivity index (χ0) is 11.3. The van der Waals surface area contributed by atoms with Crippen molar-refractivity contribution >= 4 is 0 Å². The molecule has 0 saturated carbocycles. The van der Waals surface area contributed by atoms with Gasteiger partial charge < -0.3 is 0 Å². The van der Waals surface area contributed by atoms with Gasteiger partial charge in [-0.1, -0.05) is 61.4 Å². The molecule has 0 amide bonds. The SMILES string of the molecule is CC1=C/C=C\C(C)=C\CC(C)(C)C/C=C\1. The van der Waals surface area contributed by atoms with Crippen LogP contribution in [0.25, 0.3) is 0 Å². The Hall–Kier alpha value is -1.04. The van der Waals surface area contributed by atoms with Gasteiger partial charge in [0.25, 0.3) is 0 Å². The van der Waals surface area contributed by atoms with Crippen LogP contribution < -0.4 is 0 Å². The number of rotatable bonds is 0. The molecule has 0 bridgehead atoms. The van der Waals surface area contributed by atoms with Crippen LogP contribution in [0.5, 0.6) is 0 Å². The zero-order valence-electron chi connectivity index (χ0n) is 10.4. The highest BCUT2D eigenvalue weighted by atomic mass is 14.2. The van der Waals surface area contributed by atoms with Gasteiger partial charge >= 0.3 is 0 Å². The summed E-state index contributed by atoms with van der Waals surface area (Å²) in [4.78, 5) is 0. The molecule has 0 nitrogen and oxygen atoms in total. The number of hydrogen-bond donors (Lipinski definition) is 0. The minimum atomic E-state index is 0.371. The molecule has 1 rings (SSSR count). The molecular weight excluding hydrogens is 180 g/mol. The molecule has 0 fully saturated rings. The van der Waals surface area contributed by atoms with Crippen molar-refractivity contribution in [3.63, 3.8) is 0 Å². The van der Waals surface area contributed by atoms with Gasteiger partial charge in [0.2, 0.25) is 0 Å². The predicted molar refractivity (Wildman–Crippen MR) is 68.8 cm³/mol. The van der Waals surface area contributed by atoms with Crippen LogP contribution in [0.15, 0.2) is 47.6 Å². The van der Waals surface area contributed by atoms with E-state index in [-0.39, 0.29) is 0 Å². The van der Waals surface area contributed by atoms with E-state index in [2.05, 4.69) is 64.2 Å². The molecule has 0 radical (unpaired) electrons. The number of allylic oxidation sites excluding steroid dienone is 8. The summed E-state index contributed by atoms with van der Waals surface area (Å²) >= 11 is 0. The fraction of sp³-hybridized carbons (Fsp3) is 0.467. The maximum Gasteiger partial charge on any atom is -0.0285 e. The molecule has 0 heteroatoms. The van der Waals surface area contributed by atoms with Crippen molar-refractivity contribution in [1.29, 1.82) is 0 Å². The zero-order valence-corrected chi connectivity index (χ0v) is 10.4. The van der Waals surface area contributed by atoms with Gasteiger partial charge in [0, 0.05) is 0 Å². The summed E-state index contributed by atoms with van der Waals surface area (Å²) in [5.74, 6) is 0. The standard InChI is InChI=1S/C15H22/c1-13-7-5-8-14(2)10-12-15(3,4)11-6-9-13/h5-10H,11-12H2,1-4H3/b8-5-,9-6-,13-7-,14-10+. The van der Waals surface area contributed by atoms with Crippen LogP contribution in [0, 0.1) is 5.41 Å². The van der Waals surface area contributed by atoms with E-state index in [0.717, 1.165) is 12.8 Å². The Morgan fingerprint density at radius 1 is 1.00 bits per heavy atom. The van der Waals surface area contributed by atoms with Crippen molar-refractivity contribution in [2.45, 2.75) is 40.5 Å². The van der Waals surface area contributed by atoms with Gasteiger partial charge in [-0.15, -0.1) is 0 Å². The van der Waals surface area contributed by atoms with E-state index in [9.17, 15) is 0 Å². The first-order valence-electron chi connectivity index (χ1n) is 5.68. The van der Waals surface area contributed by atoms with Crippen molar-refractivity contribution < 1.29 is 0 Å². The van der Waals surface area contributed by atoms with E-state index in [1.54, 1.807) is 0 Å². The maximum atomic E-state index is 2.33. The van der Waals surface area contributed by atoms with Crippen molar-refractivity contribution in [2.24, 2.45) is 5.41 Å². The first kappa shape index (κ1) is 12.0. The Morgan fingerprint density at radius 3 is 2.47 bits per heavy atom. The van der Waals surface area contributed by atoms with E-state index < -0.39 is 0 Å². The molecular formula is C15H22. The van der Waals surface area contributed by atoms with Gasteiger partial charge in [-0.05, 0) is 32.1 Å². The maximum absolute atomic E-state index is 2.33. The minimum Gasteiger partial charge on any atom is -0.0837 e. The molecule has 0 unspecified atom stereocenters. The van der Waals surface area contributed by atoms with Crippen LogP contribution in [0.3, 0.4) is 0 Å². The summed E-state index contributed by atoms with van der Waals surface area (Å²) in [6, 6.07) is 0. The lowest BCUT2D eigenvalue weighted by atomic mass is 9.85. The van der Waals surface area contributed by atoms with Crippen LogP contribution in [-0.4, -0.2) is 0 Å². The van der Waals surface area contributed by atoms with Crippen molar-refractivity contribution in [3.8, 4) is 0 Å². The second-order valence-electron chi connectivity index (χ2n) is 5.19. The lowest BCUT2D eigenvalue weighted by molar-refractivity contribution is 0.376. The lowest BCUT2D eigenvalue weighted by Gasteiger charge is -2.21. The Kier molecular flexibility index (Phi) is 4.14. The predicted octanol–water partition coefficient (Wildman–Crippen LogP) is 4.81. The Bertz CT molecular complexity index is 322. The van der Waals surface area contributed by atoms with Crippen LogP contribution in [0.4, 0.5) is 0 Å². The molecule has 0 atom stereocenters. The monoisotopic (exact) mass is 202 g/mol. The van der Waals surface area contributed by atoms with E-state index >= 15 is 0 Å². The summed E-state index contributed by atoms with van der Waals surface area (Å²) in [5.41, 5.74) is 3.04. The molecule has 0 aromatic carbocycles. The van der Waals surface area contributed by atoms with Gasteiger partial charge in [0.1, 0.15) is 0 Å². The van der Waals surface area contributed by atoms with E-state index in [1.807, 2.05) is 0 Å². The summed E-state index contributed by atoms with van der Waals surface area (Å²) in [5, 5.41) is 0. The Morgan fingerprint density at radius 2 is 1.73 bits per heavy atom. The Balaban J connectivity index is 2.90. The lowest BCUT2D eigenvalue weighted by Crippen LogP contribution is -2.08. The highest BCUT2D eigenvalue weighted by Gasteiger charge is 2.13. The quantitative estimate of drug-likeness (QED) is 0.528. The average Bonchev–Trinajstić information content (AvgIpc) is 2.15. The molecule has 0 saturated heterocycles. The van der Waals surface area contributed by atoms with Crippen molar-refractivity contribution in [2.75, 3.05) is 0 Å². The molecule has 0 spiro atoms. The minimum absolute atomic E-state index is 0.371. The van der Waals surface area contributed by atoms with Gasteiger partial charge in [-0.3, -0.25) is 0 Å². The number of hydrogen-bond acceptors (Lipinski definition) is 0. The second-order valence-corrected chi connectivity index (χ2v) is 5.19. The highest BCUT2D eigenvalue weighted by molar-refractivity contribution is 5.27. The fourth-order valence-electron chi connectivity index (χ4n) is 1.56. The van der Waals surface area contributed by atoms with E-state index in [0.29, 0.717) is 5.41 Å². The highest BCUT2D eigenvalue weighted by Crippen LogP contribution is 2.27.